The van der Waals surface area contributed by atoms with E-state index in [2.05, 4.69) is 16.2 Å². The van der Waals surface area contributed by atoms with Crippen molar-refractivity contribution in [2.24, 2.45) is 0 Å². The second-order valence-corrected chi connectivity index (χ2v) is 7.47. The summed E-state index contributed by atoms with van der Waals surface area (Å²) in [5, 5.41) is 3.48. The van der Waals surface area contributed by atoms with Crippen LogP contribution in [-0.2, 0) is 9.59 Å². The van der Waals surface area contributed by atoms with Crippen molar-refractivity contribution >= 4 is 40.9 Å². The van der Waals surface area contributed by atoms with Crippen LogP contribution in [0.5, 0.6) is 5.75 Å². The van der Waals surface area contributed by atoms with Gasteiger partial charge in [0, 0.05) is 17.0 Å². The number of nitrogens with one attached hydrogen (secondary N) is 3. The molecule has 3 amide bonds. The van der Waals surface area contributed by atoms with E-state index in [1.54, 1.807) is 36.4 Å². The van der Waals surface area contributed by atoms with E-state index in [-0.39, 0.29) is 24.8 Å². The van der Waals surface area contributed by atoms with Crippen LogP contribution in [0.4, 0.5) is 0 Å². The molecule has 160 valence electrons. The van der Waals surface area contributed by atoms with Crippen molar-refractivity contribution < 1.29 is 19.1 Å². The number of carbonyl (C=O) groups is 3. The average Bonchev–Trinajstić information content (AvgIpc) is 2.70. The average molecular weight is 452 g/mol. The number of amides is 3. The molecule has 0 unspecified atom stereocenters. The van der Waals surface area contributed by atoms with Crippen LogP contribution < -0.4 is 20.9 Å². The van der Waals surface area contributed by atoms with Gasteiger partial charge in [-0.15, -0.1) is 0 Å². The number of ether oxygens (including phenoxy) is 1. The molecule has 0 saturated carbocycles. The molecule has 2 aromatic carbocycles. The Bertz CT molecular complexity index is 921. The topological polar surface area (TPSA) is 96.5 Å². The fraction of sp³-hybridized carbons (Fsp3) is 0.286. The fourth-order valence-electron chi connectivity index (χ4n) is 2.44. The van der Waals surface area contributed by atoms with E-state index < -0.39 is 11.9 Å². The Hall–Kier alpha value is -2.77. The van der Waals surface area contributed by atoms with E-state index in [1.807, 2.05) is 13.0 Å². The highest BCUT2D eigenvalue weighted by Crippen LogP contribution is 2.27. The predicted octanol–water partition coefficient (Wildman–Crippen LogP) is 3.43. The highest BCUT2D eigenvalue weighted by atomic mass is 35.5. The van der Waals surface area contributed by atoms with E-state index in [1.165, 1.54) is 6.92 Å². The molecule has 0 spiro atoms. The molecule has 0 radical (unpaired) electrons. The molecular weight excluding hydrogens is 429 g/mol. The molecule has 2 rings (SSSR count). The summed E-state index contributed by atoms with van der Waals surface area (Å²) < 4.78 is 5.49. The number of hydrogen-bond donors (Lipinski definition) is 3. The Balaban J connectivity index is 1.67. The van der Waals surface area contributed by atoms with Gasteiger partial charge in [0.05, 0.1) is 11.6 Å². The summed E-state index contributed by atoms with van der Waals surface area (Å²) >= 11 is 11.8. The second kappa shape index (κ2) is 11.4. The molecule has 3 N–H and O–H groups in total. The molecule has 9 heteroatoms. The van der Waals surface area contributed by atoms with E-state index in [4.69, 9.17) is 27.9 Å². The van der Waals surface area contributed by atoms with Gasteiger partial charge < -0.3 is 10.1 Å². The first-order chi connectivity index (χ1) is 14.3. The number of hydrogen-bond acceptors (Lipinski definition) is 4. The van der Waals surface area contributed by atoms with Crippen molar-refractivity contribution in [1.82, 2.24) is 16.2 Å². The Morgan fingerprint density at radius 2 is 1.83 bits per heavy atom. The number of rotatable bonds is 8. The standard InChI is InChI=1S/C21H23Cl2N3O4/c1-13-5-3-6-15(11-13)21(29)24-14(2)20(28)26-25-19(27)7-4-10-30-18-9-8-16(22)12-17(18)23/h3,5-6,8-9,11-12,14H,4,7,10H2,1-2H3,(H,24,29)(H,25,27)(H,26,28)/t14-/m0/s1. The molecule has 0 heterocycles. The maximum absolute atomic E-state index is 12.2. The predicted molar refractivity (Wildman–Crippen MR) is 116 cm³/mol. The van der Waals surface area contributed by atoms with Gasteiger partial charge in [-0.05, 0) is 50.6 Å². The molecule has 0 aromatic heterocycles. The highest BCUT2D eigenvalue weighted by molar-refractivity contribution is 6.35. The van der Waals surface area contributed by atoms with E-state index in [0.29, 0.717) is 27.8 Å². The van der Waals surface area contributed by atoms with E-state index in [0.717, 1.165) is 5.56 Å². The summed E-state index contributed by atoms with van der Waals surface area (Å²) in [7, 11) is 0. The largest absolute Gasteiger partial charge is 0.492 e. The summed E-state index contributed by atoms with van der Waals surface area (Å²) in [6.07, 6.45) is 0.551. The lowest BCUT2D eigenvalue weighted by atomic mass is 10.1. The number of halogens is 2. The minimum absolute atomic E-state index is 0.134. The molecule has 0 aliphatic carbocycles. The van der Waals surface area contributed by atoms with Gasteiger partial charge in [-0.2, -0.15) is 0 Å². The summed E-state index contributed by atoms with van der Waals surface area (Å²) in [5.74, 6) is -0.807. The lowest BCUT2D eigenvalue weighted by Crippen LogP contribution is -2.51. The molecule has 1 atom stereocenters. The van der Waals surface area contributed by atoms with Gasteiger partial charge in [0.1, 0.15) is 11.8 Å². The lowest BCUT2D eigenvalue weighted by Gasteiger charge is -2.15. The van der Waals surface area contributed by atoms with Crippen molar-refractivity contribution in [2.75, 3.05) is 6.61 Å². The number of carbonyl (C=O) groups excluding carboxylic acids is 3. The third kappa shape index (κ3) is 7.57. The molecule has 0 fully saturated rings. The molecule has 0 bridgehead atoms. The first-order valence-electron chi connectivity index (χ1n) is 9.30. The van der Waals surface area contributed by atoms with Crippen molar-refractivity contribution in [3.05, 3.63) is 63.6 Å². The van der Waals surface area contributed by atoms with Crippen LogP contribution in [-0.4, -0.2) is 30.4 Å². The maximum atomic E-state index is 12.2. The Kier molecular flexibility index (Phi) is 8.95. The maximum Gasteiger partial charge on any atom is 0.260 e. The van der Waals surface area contributed by atoms with E-state index in [9.17, 15) is 14.4 Å². The monoisotopic (exact) mass is 451 g/mol. The summed E-state index contributed by atoms with van der Waals surface area (Å²) in [4.78, 5) is 36.1. The Morgan fingerprint density at radius 3 is 2.53 bits per heavy atom. The second-order valence-electron chi connectivity index (χ2n) is 6.63. The van der Waals surface area contributed by atoms with Crippen LogP contribution in [0.3, 0.4) is 0 Å². The lowest BCUT2D eigenvalue weighted by molar-refractivity contribution is -0.129. The van der Waals surface area contributed by atoms with Crippen LogP contribution in [0.15, 0.2) is 42.5 Å². The van der Waals surface area contributed by atoms with Crippen molar-refractivity contribution in [2.45, 2.75) is 32.7 Å². The van der Waals surface area contributed by atoms with Gasteiger partial charge in [0.2, 0.25) is 5.91 Å². The fourth-order valence-corrected chi connectivity index (χ4v) is 2.90. The molecular formula is C21H23Cl2N3O4. The van der Waals surface area contributed by atoms with Gasteiger partial charge >= 0.3 is 0 Å². The van der Waals surface area contributed by atoms with Crippen LogP contribution >= 0.6 is 23.2 Å². The number of benzene rings is 2. The van der Waals surface area contributed by atoms with Gasteiger partial charge in [0.15, 0.2) is 0 Å². The molecule has 0 aliphatic heterocycles. The normalized spacial score (nSPS) is 11.3. The van der Waals surface area contributed by atoms with Crippen LogP contribution in [0, 0.1) is 6.92 Å². The number of aryl methyl sites for hydroxylation is 1. The third-order valence-electron chi connectivity index (χ3n) is 4.05. The van der Waals surface area contributed by atoms with Crippen molar-refractivity contribution in [3.8, 4) is 5.75 Å². The van der Waals surface area contributed by atoms with Crippen molar-refractivity contribution in [3.63, 3.8) is 0 Å². The minimum Gasteiger partial charge on any atom is -0.492 e. The SMILES string of the molecule is Cc1cccc(C(=O)N[C@@H](C)C(=O)NNC(=O)CCCOc2ccc(Cl)cc2Cl)c1. The molecule has 0 saturated heterocycles. The third-order valence-corrected chi connectivity index (χ3v) is 4.58. The van der Waals surface area contributed by atoms with Gasteiger partial charge in [-0.1, -0.05) is 40.9 Å². The summed E-state index contributed by atoms with van der Waals surface area (Å²) in [6, 6.07) is 11.1. The molecule has 0 aliphatic rings. The molecule has 30 heavy (non-hydrogen) atoms. The van der Waals surface area contributed by atoms with Crippen LogP contribution in [0.1, 0.15) is 35.7 Å². The zero-order valence-electron chi connectivity index (χ0n) is 16.6. The zero-order chi connectivity index (χ0) is 22.1. The van der Waals surface area contributed by atoms with Gasteiger partial charge in [-0.3, -0.25) is 25.2 Å². The van der Waals surface area contributed by atoms with Gasteiger partial charge in [-0.25, -0.2) is 0 Å². The summed E-state index contributed by atoms with van der Waals surface area (Å²) in [6.45, 7) is 3.67. The Labute approximate surface area is 185 Å². The quantitative estimate of drug-likeness (QED) is 0.423. The first kappa shape index (κ1) is 23.5. The van der Waals surface area contributed by atoms with E-state index >= 15 is 0 Å². The molecule has 2 aromatic rings. The highest BCUT2D eigenvalue weighted by Gasteiger charge is 2.17. The van der Waals surface area contributed by atoms with Crippen molar-refractivity contribution in [1.29, 1.82) is 0 Å². The molecule has 7 nitrogen and oxygen atoms in total. The first-order valence-corrected chi connectivity index (χ1v) is 10.1. The number of hydrazine groups is 1. The Morgan fingerprint density at radius 1 is 1.07 bits per heavy atom. The minimum atomic E-state index is -0.825. The smallest absolute Gasteiger partial charge is 0.260 e. The summed E-state index contributed by atoms with van der Waals surface area (Å²) in [5.41, 5.74) is 6.01. The van der Waals surface area contributed by atoms with Crippen LogP contribution in [0.2, 0.25) is 10.0 Å². The zero-order valence-corrected chi connectivity index (χ0v) is 18.1. The van der Waals surface area contributed by atoms with Crippen LogP contribution in [0.25, 0.3) is 0 Å². The van der Waals surface area contributed by atoms with Gasteiger partial charge in [0.25, 0.3) is 11.8 Å².